The second-order valence-electron chi connectivity index (χ2n) is 6.24. The fourth-order valence-electron chi connectivity index (χ4n) is 2.66. The van der Waals surface area contributed by atoms with Gasteiger partial charge in [-0.2, -0.15) is 0 Å². The number of carbonyl (C=O) groups excluding carboxylic acids is 2. The van der Waals surface area contributed by atoms with Crippen LogP contribution in [0, 0.1) is 5.82 Å². The van der Waals surface area contributed by atoms with E-state index in [0.29, 0.717) is 23.5 Å². The number of benzene rings is 3. The van der Waals surface area contributed by atoms with Gasteiger partial charge in [0.1, 0.15) is 5.82 Å². The average Bonchev–Trinajstić information content (AvgIpc) is 2.74. The number of hydrogen-bond donors (Lipinski definition) is 3. The first-order valence-corrected chi connectivity index (χ1v) is 9.30. The Balaban J connectivity index is 1.58. The summed E-state index contributed by atoms with van der Waals surface area (Å²) in [5.74, 6) is -1.16. The molecule has 0 spiro atoms. The van der Waals surface area contributed by atoms with Crippen LogP contribution < -0.4 is 16.0 Å². The van der Waals surface area contributed by atoms with Gasteiger partial charge in [0.25, 0.3) is 5.91 Å². The predicted octanol–water partition coefficient (Wildman–Crippen LogP) is 4.46. The molecule has 2 amide bonds. The number of anilines is 2. The van der Waals surface area contributed by atoms with E-state index >= 15 is 0 Å². The SMILES string of the molecule is O=C(CNc1ccccc1C(=O)NCc1ccccc1)Nc1ccc(F)c(Cl)c1. The summed E-state index contributed by atoms with van der Waals surface area (Å²) in [7, 11) is 0. The van der Waals surface area contributed by atoms with Gasteiger partial charge >= 0.3 is 0 Å². The predicted molar refractivity (Wildman–Crippen MR) is 113 cm³/mol. The third kappa shape index (κ3) is 5.80. The third-order valence-corrected chi connectivity index (χ3v) is 4.40. The molecule has 3 rings (SSSR count). The van der Waals surface area contributed by atoms with E-state index < -0.39 is 5.82 Å². The van der Waals surface area contributed by atoms with Crippen LogP contribution in [-0.4, -0.2) is 18.4 Å². The molecular weight excluding hydrogens is 393 g/mol. The molecule has 0 aliphatic carbocycles. The molecule has 0 fully saturated rings. The maximum absolute atomic E-state index is 13.2. The van der Waals surface area contributed by atoms with Crippen LogP contribution in [0.3, 0.4) is 0 Å². The van der Waals surface area contributed by atoms with Gasteiger partial charge in [-0.05, 0) is 35.9 Å². The molecule has 3 N–H and O–H groups in total. The lowest BCUT2D eigenvalue weighted by Crippen LogP contribution is -2.26. The van der Waals surface area contributed by atoms with Crippen LogP contribution in [0.25, 0.3) is 0 Å². The number of carbonyl (C=O) groups is 2. The van der Waals surface area contributed by atoms with E-state index in [4.69, 9.17) is 11.6 Å². The summed E-state index contributed by atoms with van der Waals surface area (Å²) in [6, 6.07) is 20.4. The number of amides is 2. The van der Waals surface area contributed by atoms with E-state index in [-0.39, 0.29) is 23.4 Å². The van der Waals surface area contributed by atoms with E-state index in [2.05, 4.69) is 16.0 Å². The van der Waals surface area contributed by atoms with Gasteiger partial charge in [-0.3, -0.25) is 9.59 Å². The molecule has 0 heterocycles. The monoisotopic (exact) mass is 411 g/mol. The van der Waals surface area contributed by atoms with Gasteiger partial charge in [0, 0.05) is 17.9 Å². The Hall–Kier alpha value is -3.38. The van der Waals surface area contributed by atoms with Gasteiger partial charge < -0.3 is 16.0 Å². The lowest BCUT2D eigenvalue weighted by Gasteiger charge is -2.13. The third-order valence-electron chi connectivity index (χ3n) is 4.11. The first-order chi connectivity index (χ1) is 14.0. The highest BCUT2D eigenvalue weighted by molar-refractivity contribution is 6.31. The number of para-hydroxylation sites is 1. The summed E-state index contributed by atoms with van der Waals surface area (Å²) in [5, 5.41) is 8.37. The minimum absolute atomic E-state index is 0.0715. The zero-order valence-electron chi connectivity index (χ0n) is 15.4. The van der Waals surface area contributed by atoms with E-state index in [1.54, 1.807) is 24.3 Å². The molecule has 5 nitrogen and oxygen atoms in total. The summed E-state index contributed by atoms with van der Waals surface area (Å²) in [6.45, 7) is 0.331. The van der Waals surface area contributed by atoms with Crippen LogP contribution in [0.1, 0.15) is 15.9 Å². The van der Waals surface area contributed by atoms with Crippen molar-refractivity contribution in [1.29, 1.82) is 0 Å². The maximum Gasteiger partial charge on any atom is 0.253 e. The summed E-state index contributed by atoms with van der Waals surface area (Å²) in [5.41, 5.74) is 2.34. The van der Waals surface area contributed by atoms with Gasteiger partial charge in [-0.1, -0.05) is 54.1 Å². The van der Waals surface area contributed by atoms with Gasteiger partial charge in [0.05, 0.1) is 17.1 Å². The molecule has 148 valence electrons. The van der Waals surface area contributed by atoms with Crippen LogP contribution in [0.2, 0.25) is 5.02 Å². The highest BCUT2D eigenvalue weighted by Gasteiger charge is 2.12. The molecule has 0 saturated heterocycles. The molecule has 0 aliphatic heterocycles. The average molecular weight is 412 g/mol. The van der Waals surface area contributed by atoms with Crippen molar-refractivity contribution in [2.75, 3.05) is 17.2 Å². The van der Waals surface area contributed by atoms with Crippen LogP contribution in [0.5, 0.6) is 0 Å². The molecule has 3 aromatic rings. The molecule has 3 aromatic carbocycles. The molecule has 0 bridgehead atoms. The molecule has 0 saturated carbocycles. The first kappa shape index (κ1) is 20.4. The van der Waals surface area contributed by atoms with E-state index in [1.807, 2.05) is 30.3 Å². The van der Waals surface area contributed by atoms with Crippen LogP contribution >= 0.6 is 11.6 Å². The van der Waals surface area contributed by atoms with Gasteiger partial charge in [0.2, 0.25) is 5.91 Å². The van der Waals surface area contributed by atoms with Crippen molar-refractivity contribution in [3.05, 3.63) is 94.8 Å². The molecule has 29 heavy (non-hydrogen) atoms. The molecule has 7 heteroatoms. The summed E-state index contributed by atoms with van der Waals surface area (Å²) in [6.07, 6.45) is 0. The fourth-order valence-corrected chi connectivity index (χ4v) is 2.84. The van der Waals surface area contributed by atoms with Crippen molar-refractivity contribution in [1.82, 2.24) is 5.32 Å². The zero-order valence-corrected chi connectivity index (χ0v) is 16.2. The van der Waals surface area contributed by atoms with Crippen molar-refractivity contribution >= 4 is 34.8 Å². The summed E-state index contributed by atoms with van der Waals surface area (Å²) < 4.78 is 13.2. The zero-order chi connectivity index (χ0) is 20.6. The summed E-state index contributed by atoms with van der Waals surface area (Å²) in [4.78, 5) is 24.7. The van der Waals surface area contributed by atoms with Crippen molar-refractivity contribution in [3.63, 3.8) is 0 Å². The lowest BCUT2D eigenvalue weighted by atomic mass is 10.1. The number of rotatable bonds is 7. The first-order valence-electron chi connectivity index (χ1n) is 8.93. The number of halogens is 2. The molecule has 0 unspecified atom stereocenters. The van der Waals surface area contributed by atoms with Gasteiger partial charge in [0.15, 0.2) is 0 Å². The van der Waals surface area contributed by atoms with Crippen molar-refractivity contribution < 1.29 is 14.0 Å². The van der Waals surface area contributed by atoms with Gasteiger partial charge in [-0.15, -0.1) is 0 Å². The van der Waals surface area contributed by atoms with Crippen molar-refractivity contribution in [2.45, 2.75) is 6.54 Å². The Morgan fingerprint density at radius 1 is 0.931 bits per heavy atom. The Bertz CT molecular complexity index is 1010. The normalized spacial score (nSPS) is 10.3. The largest absolute Gasteiger partial charge is 0.376 e. The number of hydrogen-bond acceptors (Lipinski definition) is 3. The summed E-state index contributed by atoms with van der Waals surface area (Å²) >= 11 is 5.71. The fraction of sp³-hybridized carbons (Fsp3) is 0.0909. The highest BCUT2D eigenvalue weighted by atomic mass is 35.5. The smallest absolute Gasteiger partial charge is 0.253 e. The van der Waals surface area contributed by atoms with E-state index in [9.17, 15) is 14.0 Å². The van der Waals surface area contributed by atoms with Crippen molar-refractivity contribution in [3.8, 4) is 0 Å². The molecule has 0 atom stereocenters. The van der Waals surface area contributed by atoms with E-state index in [0.717, 1.165) is 5.56 Å². The Kier molecular flexibility index (Phi) is 6.81. The minimum atomic E-state index is -0.557. The van der Waals surface area contributed by atoms with Crippen LogP contribution in [0.4, 0.5) is 15.8 Å². The highest BCUT2D eigenvalue weighted by Crippen LogP contribution is 2.19. The maximum atomic E-state index is 13.2. The van der Waals surface area contributed by atoms with Gasteiger partial charge in [-0.25, -0.2) is 4.39 Å². The van der Waals surface area contributed by atoms with E-state index in [1.165, 1.54) is 18.2 Å². The Morgan fingerprint density at radius 3 is 2.41 bits per heavy atom. The number of nitrogens with one attached hydrogen (secondary N) is 3. The second kappa shape index (κ2) is 9.71. The topological polar surface area (TPSA) is 70.2 Å². The second-order valence-corrected chi connectivity index (χ2v) is 6.65. The Labute approximate surface area is 172 Å². The quantitative estimate of drug-likeness (QED) is 0.537. The molecule has 0 aliphatic rings. The minimum Gasteiger partial charge on any atom is -0.376 e. The van der Waals surface area contributed by atoms with Crippen molar-refractivity contribution in [2.24, 2.45) is 0 Å². The lowest BCUT2D eigenvalue weighted by molar-refractivity contribution is -0.114. The standard InChI is InChI=1S/C22H19ClFN3O2/c23-18-12-16(10-11-19(18)24)27-21(28)14-25-20-9-5-4-8-17(20)22(29)26-13-15-6-2-1-3-7-15/h1-12,25H,13-14H2,(H,26,29)(H,27,28). The molecule has 0 aromatic heterocycles. The molecular formula is C22H19ClFN3O2. The Morgan fingerprint density at radius 2 is 1.66 bits per heavy atom. The van der Waals surface area contributed by atoms with Crippen LogP contribution in [0.15, 0.2) is 72.8 Å². The van der Waals surface area contributed by atoms with Crippen LogP contribution in [-0.2, 0) is 11.3 Å². The molecule has 0 radical (unpaired) electrons.